The number of aryl methyl sites for hydroxylation is 1. The maximum atomic E-state index is 5.86. The predicted octanol–water partition coefficient (Wildman–Crippen LogP) is 4.59. The van der Waals surface area contributed by atoms with E-state index in [2.05, 4.69) is 36.3 Å². The number of hydrogen-bond acceptors (Lipinski definition) is 3. The molecule has 3 heteroatoms. The molecule has 1 aliphatic heterocycles. The molecule has 1 aliphatic rings. The highest BCUT2D eigenvalue weighted by atomic mass is 32.1. The summed E-state index contributed by atoms with van der Waals surface area (Å²) in [6.07, 6.45) is 8.53. The number of thiophene rings is 1. The average molecular weight is 303 g/mol. The molecule has 0 saturated carbocycles. The van der Waals surface area contributed by atoms with E-state index in [1.54, 1.807) is 11.3 Å². The Balaban J connectivity index is 1.83. The summed E-state index contributed by atoms with van der Waals surface area (Å²) in [7, 11) is 0. The number of piperidine rings is 1. The number of hydrogen-bond donors (Lipinski definition) is 1. The fourth-order valence-corrected chi connectivity index (χ4v) is 3.18. The lowest BCUT2D eigenvalue weighted by molar-refractivity contribution is 0.211. The summed E-state index contributed by atoms with van der Waals surface area (Å²) in [6, 6.07) is 2.18. The van der Waals surface area contributed by atoms with Crippen LogP contribution in [0.2, 0.25) is 0 Å². The number of rotatable bonds is 6. The van der Waals surface area contributed by atoms with Gasteiger partial charge in [-0.25, -0.2) is 0 Å². The van der Waals surface area contributed by atoms with Crippen LogP contribution in [-0.2, 0) is 11.3 Å². The quantitative estimate of drug-likeness (QED) is 0.613. The topological polar surface area (TPSA) is 21.3 Å². The van der Waals surface area contributed by atoms with E-state index in [1.165, 1.54) is 28.9 Å². The summed E-state index contributed by atoms with van der Waals surface area (Å²) < 4.78 is 5.86. The first-order chi connectivity index (χ1) is 10.2. The standard InChI is InChI=1S/C18H25NOS/c1-4-18(20-12-16-11-15(3)21-13-16)6-5-14(2)17-7-9-19-10-8-17/h4-6,11,13,17,19H,2,7-10,12H2,1,3H3/b6-5-,18-4+. The molecule has 1 fully saturated rings. The summed E-state index contributed by atoms with van der Waals surface area (Å²) in [5.74, 6) is 1.52. The third-order valence-electron chi connectivity index (χ3n) is 3.80. The predicted molar refractivity (Wildman–Crippen MR) is 91.5 cm³/mol. The molecule has 2 nitrogen and oxygen atoms in total. The monoisotopic (exact) mass is 303 g/mol. The first-order valence-corrected chi connectivity index (χ1v) is 8.47. The summed E-state index contributed by atoms with van der Waals surface area (Å²) in [5.41, 5.74) is 2.45. The fourth-order valence-electron chi connectivity index (χ4n) is 2.49. The summed E-state index contributed by atoms with van der Waals surface area (Å²) in [5, 5.41) is 5.54. The van der Waals surface area contributed by atoms with Crippen molar-refractivity contribution in [3.8, 4) is 0 Å². The highest BCUT2D eigenvalue weighted by Gasteiger charge is 2.14. The van der Waals surface area contributed by atoms with E-state index in [9.17, 15) is 0 Å². The number of ether oxygens (including phenoxy) is 1. The highest BCUT2D eigenvalue weighted by molar-refractivity contribution is 7.10. The SMILES string of the molecule is C=C(/C=C\C(=C/C)OCc1csc(C)c1)C1CCNCC1. The summed E-state index contributed by atoms with van der Waals surface area (Å²) >= 11 is 1.76. The van der Waals surface area contributed by atoms with Crippen molar-refractivity contribution in [3.05, 3.63) is 58.0 Å². The van der Waals surface area contributed by atoms with Gasteiger partial charge in [0.2, 0.25) is 0 Å². The smallest absolute Gasteiger partial charge is 0.115 e. The average Bonchev–Trinajstić information content (AvgIpc) is 2.93. The molecular formula is C18H25NOS. The van der Waals surface area contributed by atoms with E-state index in [-0.39, 0.29) is 0 Å². The Morgan fingerprint density at radius 2 is 2.19 bits per heavy atom. The molecule has 1 aromatic heterocycles. The Bertz CT molecular complexity index is 521. The molecule has 0 atom stereocenters. The molecule has 0 spiro atoms. The van der Waals surface area contributed by atoms with Crippen LogP contribution in [0.25, 0.3) is 0 Å². The van der Waals surface area contributed by atoms with Crippen molar-refractivity contribution >= 4 is 11.3 Å². The third kappa shape index (κ3) is 5.18. The molecule has 0 amide bonds. The molecule has 0 bridgehead atoms. The van der Waals surface area contributed by atoms with Crippen molar-refractivity contribution in [3.63, 3.8) is 0 Å². The Hall–Kier alpha value is -1.32. The van der Waals surface area contributed by atoms with Crippen molar-refractivity contribution in [1.82, 2.24) is 5.32 Å². The molecule has 0 aromatic carbocycles. The molecule has 1 saturated heterocycles. The van der Waals surface area contributed by atoms with Crippen molar-refractivity contribution in [2.24, 2.45) is 5.92 Å². The van der Waals surface area contributed by atoms with E-state index in [4.69, 9.17) is 4.74 Å². The van der Waals surface area contributed by atoms with Gasteiger partial charge in [-0.2, -0.15) is 0 Å². The van der Waals surface area contributed by atoms with Gasteiger partial charge in [0.25, 0.3) is 0 Å². The van der Waals surface area contributed by atoms with Gasteiger partial charge in [0, 0.05) is 10.4 Å². The van der Waals surface area contributed by atoms with Crippen molar-refractivity contribution < 1.29 is 4.74 Å². The van der Waals surface area contributed by atoms with Crippen LogP contribution in [0.4, 0.5) is 0 Å². The van der Waals surface area contributed by atoms with Crippen LogP contribution in [0, 0.1) is 12.8 Å². The summed E-state index contributed by atoms with van der Waals surface area (Å²) in [4.78, 5) is 1.32. The zero-order valence-electron chi connectivity index (χ0n) is 13.0. The number of allylic oxidation sites excluding steroid dienone is 4. The Kier molecular flexibility index (Phi) is 6.27. The van der Waals surface area contributed by atoms with Gasteiger partial charge in [-0.05, 0) is 69.3 Å². The van der Waals surface area contributed by atoms with Gasteiger partial charge < -0.3 is 10.1 Å². The van der Waals surface area contributed by atoms with Gasteiger partial charge in [0.15, 0.2) is 0 Å². The van der Waals surface area contributed by atoms with E-state index < -0.39 is 0 Å². The lowest BCUT2D eigenvalue weighted by atomic mass is 9.90. The normalized spacial score (nSPS) is 17.3. The molecule has 1 N–H and O–H groups in total. The van der Waals surface area contributed by atoms with Crippen molar-refractivity contribution in [2.75, 3.05) is 13.1 Å². The minimum Gasteiger partial charge on any atom is -0.489 e. The molecule has 2 rings (SSSR count). The molecule has 0 aliphatic carbocycles. The maximum absolute atomic E-state index is 5.86. The zero-order chi connectivity index (χ0) is 15.1. The molecule has 0 radical (unpaired) electrons. The lowest BCUT2D eigenvalue weighted by Gasteiger charge is -2.23. The van der Waals surface area contributed by atoms with Crippen LogP contribution in [0.5, 0.6) is 0 Å². The molecule has 0 unspecified atom stereocenters. The van der Waals surface area contributed by atoms with E-state index in [1.807, 2.05) is 19.1 Å². The number of nitrogens with one attached hydrogen (secondary N) is 1. The Morgan fingerprint density at radius 3 is 2.81 bits per heavy atom. The van der Waals surface area contributed by atoms with Crippen LogP contribution in [0.15, 0.2) is 47.6 Å². The van der Waals surface area contributed by atoms with Gasteiger partial charge in [-0.1, -0.05) is 18.2 Å². The minimum atomic E-state index is 0.611. The van der Waals surface area contributed by atoms with E-state index in [0.717, 1.165) is 18.8 Å². The van der Waals surface area contributed by atoms with Gasteiger partial charge in [-0.3, -0.25) is 0 Å². The van der Waals surface area contributed by atoms with Gasteiger partial charge >= 0.3 is 0 Å². The van der Waals surface area contributed by atoms with Crippen LogP contribution < -0.4 is 5.32 Å². The second-order valence-corrected chi connectivity index (χ2v) is 6.59. The fraction of sp³-hybridized carbons (Fsp3) is 0.444. The highest BCUT2D eigenvalue weighted by Crippen LogP contribution is 2.22. The van der Waals surface area contributed by atoms with Gasteiger partial charge in [0.1, 0.15) is 12.4 Å². The first-order valence-electron chi connectivity index (χ1n) is 7.59. The van der Waals surface area contributed by atoms with Crippen molar-refractivity contribution in [2.45, 2.75) is 33.3 Å². The summed E-state index contributed by atoms with van der Waals surface area (Å²) in [6.45, 7) is 11.2. The minimum absolute atomic E-state index is 0.611. The van der Waals surface area contributed by atoms with Crippen LogP contribution in [0.3, 0.4) is 0 Å². The maximum Gasteiger partial charge on any atom is 0.115 e. The molecule has 114 valence electrons. The van der Waals surface area contributed by atoms with Crippen molar-refractivity contribution in [1.29, 1.82) is 0 Å². The largest absolute Gasteiger partial charge is 0.489 e. The Morgan fingerprint density at radius 1 is 1.43 bits per heavy atom. The van der Waals surface area contributed by atoms with Crippen LogP contribution in [-0.4, -0.2) is 13.1 Å². The third-order valence-corrected chi connectivity index (χ3v) is 4.71. The molecule has 1 aromatic rings. The van der Waals surface area contributed by atoms with Gasteiger partial charge in [0.05, 0.1) is 0 Å². The first kappa shape index (κ1) is 16.1. The second kappa shape index (κ2) is 8.20. The Labute approximate surface area is 132 Å². The zero-order valence-corrected chi connectivity index (χ0v) is 13.8. The van der Waals surface area contributed by atoms with E-state index >= 15 is 0 Å². The molecule has 21 heavy (non-hydrogen) atoms. The lowest BCUT2D eigenvalue weighted by Crippen LogP contribution is -2.28. The molecule has 2 heterocycles. The molecular weight excluding hydrogens is 278 g/mol. The van der Waals surface area contributed by atoms with Gasteiger partial charge in [-0.15, -0.1) is 11.3 Å². The second-order valence-electron chi connectivity index (χ2n) is 5.48. The van der Waals surface area contributed by atoms with Crippen LogP contribution in [0.1, 0.15) is 30.2 Å². The van der Waals surface area contributed by atoms with Crippen LogP contribution >= 0.6 is 11.3 Å². The van der Waals surface area contributed by atoms with E-state index in [0.29, 0.717) is 12.5 Å².